The highest BCUT2D eigenvalue weighted by Gasteiger charge is 2.42. The van der Waals surface area contributed by atoms with E-state index in [1.165, 1.54) is 5.56 Å². The molecule has 4 nitrogen and oxygen atoms in total. The summed E-state index contributed by atoms with van der Waals surface area (Å²) in [5.41, 5.74) is 6.09. The van der Waals surface area contributed by atoms with Crippen LogP contribution in [0.4, 0.5) is 0 Å². The van der Waals surface area contributed by atoms with Crippen molar-refractivity contribution in [2.75, 3.05) is 0 Å². The highest BCUT2D eigenvalue weighted by atomic mass is 35.5. The number of halogens is 2. The van der Waals surface area contributed by atoms with E-state index in [1.807, 2.05) is 60.4 Å². The van der Waals surface area contributed by atoms with Gasteiger partial charge in [0, 0.05) is 27.7 Å². The number of benzene rings is 3. The minimum absolute atomic E-state index is 0.0960. The van der Waals surface area contributed by atoms with Gasteiger partial charge in [-0.2, -0.15) is 5.10 Å². The number of carbonyl (C=O) groups excluding carboxylic acids is 1. The molecule has 1 unspecified atom stereocenters. The second kappa shape index (κ2) is 7.88. The van der Waals surface area contributed by atoms with E-state index < -0.39 is 0 Å². The third kappa shape index (κ3) is 3.52. The molecule has 1 aliphatic heterocycles. The van der Waals surface area contributed by atoms with Crippen molar-refractivity contribution in [1.29, 1.82) is 0 Å². The molecule has 5 rings (SSSR count). The second-order valence-electron chi connectivity index (χ2n) is 7.71. The summed E-state index contributed by atoms with van der Waals surface area (Å²) < 4.78 is 0. The number of nitrogens with one attached hydrogen (secondary N) is 1. The molecule has 0 saturated heterocycles. The van der Waals surface area contributed by atoms with E-state index in [2.05, 4.69) is 22.3 Å². The predicted octanol–water partition coefficient (Wildman–Crippen LogP) is 6.44. The van der Waals surface area contributed by atoms with Crippen LogP contribution in [-0.2, 0) is 6.54 Å². The van der Waals surface area contributed by atoms with Crippen molar-refractivity contribution in [3.8, 4) is 11.3 Å². The van der Waals surface area contributed by atoms with Crippen LogP contribution in [0, 0.1) is 6.92 Å². The van der Waals surface area contributed by atoms with E-state index in [1.54, 1.807) is 12.1 Å². The summed E-state index contributed by atoms with van der Waals surface area (Å²) in [4.78, 5) is 15.3. The molecule has 0 radical (unpaired) electrons. The fourth-order valence-electron chi connectivity index (χ4n) is 4.11. The summed E-state index contributed by atoms with van der Waals surface area (Å²) in [5.74, 6) is -0.0960. The van der Waals surface area contributed by atoms with Crippen molar-refractivity contribution in [3.63, 3.8) is 0 Å². The van der Waals surface area contributed by atoms with Crippen molar-refractivity contribution >= 4 is 29.1 Å². The van der Waals surface area contributed by atoms with E-state index in [-0.39, 0.29) is 11.9 Å². The van der Waals surface area contributed by atoms with Gasteiger partial charge in [-0.3, -0.25) is 9.89 Å². The maximum Gasteiger partial charge on any atom is 0.273 e. The Morgan fingerprint density at radius 2 is 1.74 bits per heavy atom. The van der Waals surface area contributed by atoms with Crippen molar-refractivity contribution in [2.45, 2.75) is 19.5 Å². The normalized spacial score (nSPS) is 15.4. The largest absolute Gasteiger partial charge is 0.322 e. The maximum atomic E-state index is 13.5. The molecule has 4 aromatic rings. The fourth-order valence-corrected chi connectivity index (χ4v) is 4.62. The molecule has 0 aliphatic carbocycles. The minimum atomic E-state index is -0.373. The first kappa shape index (κ1) is 19.9. The van der Waals surface area contributed by atoms with Crippen LogP contribution in [0.1, 0.15) is 38.8 Å². The van der Waals surface area contributed by atoms with Crippen molar-refractivity contribution < 1.29 is 4.79 Å². The number of carbonyl (C=O) groups is 1. The summed E-state index contributed by atoms with van der Waals surface area (Å²) in [5, 5.41) is 8.55. The average molecular weight is 448 g/mol. The molecule has 1 aromatic heterocycles. The Labute approximate surface area is 190 Å². The Kier molecular flexibility index (Phi) is 5.05. The van der Waals surface area contributed by atoms with E-state index >= 15 is 0 Å². The number of aromatic nitrogens is 2. The molecule has 0 bridgehead atoms. The molecule has 154 valence electrons. The van der Waals surface area contributed by atoms with Gasteiger partial charge in [0.05, 0.1) is 11.7 Å². The van der Waals surface area contributed by atoms with Crippen LogP contribution in [0.25, 0.3) is 11.3 Å². The molecule has 6 heteroatoms. The van der Waals surface area contributed by atoms with E-state index in [4.69, 9.17) is 23.2 Å². The second-order valence-corrected chi connectivity index (χ2v) is 8.56. The first-order valence-electron chi connectivity index (χ1n) is 9.98. The Hall–Kier alpha value is -3.08. The number of H-pyrrole nitrogens is 1. The first-order valence-corrected chi connectivity index (χ1v) is 10.7. The Balaban J connectivity index is 1.66. The number of aryl methyl sites for hydroxylation is 1. The van der Waals surface area contributed by atoms with Crippen LogP contribution in [-0.4, -0.2) is 21.0 Å². The van der Waals surface area contributed by atoms with Crippen LogP contribution < -0.4 is 0 Å². The summed E-state index contributed by atoms with van der Waals surface area (Å²) in [6.07, 6.45) is 0. The molecular weight excluding hydrogens is 429 g/mol. The average Bonchev–Trinajstić information content (AvgIpc) is 3.31. The monoisotopic (exact) mass is 447 g/mol. The number of fused-ring (bicyclic) bond motifs is 1. The van der Waals surface area contributed by atoms with Gasteiger partial charge in [-0.05, 0) is 30.2 Å². The third-order valence-corrected chi connectivity index (χ3v) is 6.20. The van der Waals surface area contributed by atoms with Gasteiger partial charge in [-0.15, -0.1) is 0 Å². The molecule has 1 atom stereocenters. The number of hydrogen-bond acceptors (Lipinski definition) is 2. The highest BCUT2D eigenvalue weighted by Crippen LogP contribution is 2.45. The SMILES string of the molecule is Cc1ccc(CN2C(=O)c3[nH]nc(-c4ccccc4)c3C2c2ccc(Cl)cc2Cl)cc1. The molecule has 1 N–H and O–H groups in total. The molecule has 2 heterocycles. The first-order chi connectivity index (χ1) is 15.0. The Morgan fingerprint density at radius 3 is 2.45 bits per heavy atom. The molecule has 31 heavy (non-hydrogen) atoms. The van der Waals surface area contributed by atoms with Crippen LogP contribution in [0.2, 0.25) is 10.0 Å². The molecule has 0 fully saturated rings. The molecule has 1 aliphatic rings. The van der Waals surface area contributed by atoms with Crippen molar-refractivity contribution in [3.05, 3.63) is 111 Å². The van der Waals surface area contributed by atoms with Crippen LogP contribution in [0.5, 0.6) is 0 Å². The summed E-state index contributed by atoms with van der Waals surface area (Å²) in [6, 6.07) is 23.1. The summed E-state index contributed by atoms with van der Waals surface area (Å²) >= 11 is 12.8. The zero-order chi connectivity index (χ0) is 21.5. The smallest absolute Gasteiger partial charge is 0.273 e. The lowest BCUT2D eigenvalue weighted by Gasteiger charge is -2.27. The van der Waals surface area contributed by atoms with E-state index in [0.29, 0.717) is 22.3 Å². The molecule has 0 spiro atoms. The highest BCUT2D eigenvalue weighted by molar-refractivity contribution is 6.35. The van der Waals surface area contributed by atoms with Gasteiger partial charge < -0.3 is 4.90 Å². The lowest BCUT2D eigenvalue weighted by Crippen LogP contribution is -2.29. The number of rotatable bonds is 4. The maximum absolute atomic E-state index is 13.5. The van der Waals surface area contributed by atoms with E-state index in [0.717, 1.165) is 27.9 Å². The zero-order valence-corrected chi connectivity index (χ0v) is 18.3. The molecular formula is C25H19Cl2N3O. The molecule has 0 saturated carbocycles. The summed E-state index contributed by atoms with van der Waals surface area (Å²) in [7, 11) is 0. The van der Waals surface area contributed by atoms with Gasteiger partial charge in [-0.25, -0.2) is 0 Å². The van der Waals surface area contributed by atoms with Gasteiger partial charge in [0.1, 0.15) is 5.69 Å². The fraction of sp³-hybridized carbons (Fsp3) is 0.120. The van der Waals surface area contributed by atoms with Crippen LogP contribution in [0.3, 0.4) is 0 Å². The van der Waals surface area contributed by atoms with Crippen molar-refractivity contribution in [1.82, 2.24) is 15.1 Å². The van der Waals surface area contributed by atoms with Gasteiger partial charge in [-0.1, -0.05) is 89.4 Å². The Morgan fingerprint density at radius 1 is 1.00 bits per heavy atom. The lowest BCUT2D eigenvalue weighted by molar-refractivity contribution is 0.0730. The van der Waals surface area contributed by atoms with Gasteiger partial charge >= 0.3 is 0 Å². The number of hydrogen-bond donors (Lipinski definition) is 1. The van der Waals surface area contributed by atoms with Gasteiger partial charge in [0.2, 0.25) is 0 Å². The van der Waals surface area contributed by atoms with Crippen molar-refractivity contribution in [2.24, 2.45) is 0 Å². The molecule has 1 amide bonds. The zero-order valence-electron chi connectivity index (χ0n) is 16.8. The number of aromatic amines is 1. The predicted molar refractivity (Wildman–Crippen MR) is 123 cm³/mol. The number of amides is 1. The minimum Gasteiger partial charge on any atom is -0.322 e. The van der Waals surface area contributed by atoms with Gasteiger partial charge in [0.25, 0.3) is 5.91 Å². The topological polar surface area (TPSA) is 49.0 Å². The standard InChI is InChI=1S/C25H19Cl2N3O/c1-15-7-9-16(10-8-15)14-30-24(19-12-11-18(26)13-20(19)27)21-22(17-5-3-2-4-6-17)28-29-23(21)25(30)31/h2-13,24H,14H2,1H3,(H,28,29). The Bertz CT molecular complexity index is 1270. The molecule has 3 aromatic carbocycles. The lowest BCUT2D eigenvalue weighted by atomic mass is 9.96. The quantitative estimate of drug-likeness (QED) is 0.391. The van der Waals surface area contributed by atoms with E-state index in [9.17, 15) is 4.79 Å². The van der Waals surface area contributed by atoms with Crippen LogP contribution in [0.15, 0.2) is 72.8 Å². The summed E-state index contributed by atoms with van der Waals surface area (Å²) in [6.45, 7) is 2.50. The third-order valence-electron chi connectivity index (χ3n) is 5.64. The number of nitrogens with zero attached hydrogens (tertiary/aromatic N) is 2. The van der Waals surface area contributed by atoms with Crippen LogP contribution >= 0.6 is 23.2 Å². The van der Waals surface area contributed by atoms with Gasteiger partial charge in [0.15, 0.2) is 0 Å².